The van der Waals surface area contributed by atoms with E-state index in [0.717, 1.165) is 29.0 Å². The molecule has 0 radical (unpaired) electrons. The molecule has 20 heavy (non-hydrogen) atoms. The lowest BCUT2D eigenvalue weighted by Crippen LogP contribution is -1.95. The Bertz CT molecular complexity index is 557. The van der Waals surface area contributed by atoms with E-state index in [9.17, 15) is 4.79 Å². The second kappa shape index (κ2) is 7.84. The lowest BCUT2D eigenvalue weighted by molar-refractivity contribution is 0.112. The van der Waals surface area contributed by atoms with Crippen LogP contribution in [0.2, 0.25) is 0 Å². The zero-order chi connectivity index (χ0) is 14.2. The van der Waals surface area contributed by atoms with Gasteiger partial charge < -0.3 is 0 Å². The first kappa shape index (κ1) is 14.8. The zero-order valence-electron chi connectivity index (χ0n) is 12.4. The van der Waals surface area contributed by atoms with Crippen molar-refractivity contribution < 1.29 is 4.79 Å². The van der Waals surface area contributed by atoms with Gasteiger partial charge in [-0.05, 0) is 29.2 Å². The fraction of sp³-hybridized carbons (Fsp3) is 0.421. The number of carbonyl (C=O) groups excluding carboxylic acids is 1. The van der Waals surface area contributed by atoms with Crippen molar-refractivity contribution in [2.45, 2.75) is 51.9 Å². The number of hydrogen-bond acceptors (Lipinski definition) is 1. The monoisotopic (exact) mass is 268 g/mol. The van der Waals surface area contributed by atoms with Crippen LogP contribution < -0.4 is 0 Å². The molecule has 2 rings (SSSR count). The minimum Gasteiger partial charge on any atom is -0.298 e. The van der Waals surface area contributed by atoms with Gasteiger partial charge in [0.25, 0.3) is 0 Å². The molecule has 0 saturated carbocycles. The molecule has 0 spiro atoms. The Hall–Kier alpha value is -1.63. The molecule has 0 aromatic heterocycles. The topological polar surface area (TPSA) is 17.1 Å². The van der Waals surface area contributed by atoms with Gasteiger partial charge >= 0.3 is 0 Å². The van der Waals surface area contributed by atoms with Crippen LogP contribution in [0.4, 0.5) is 0 Å². The third-order valence-corrected chi connectivity index (χ3v) is 3.98. The molecule has 1 nitrogen and oxygen atoms in total. The van der Waals surface area contributed by atoms with Crippen LogP contribution in [0, 0.1) is 0 Å². The van der Waals surface area contributed by atoms with E-state index in [4.69, 9.17) is 0 Å². The van der Waals surface area contributed by atoms with Gasteiger partial charge in [-0.15, -0.1) is 0 Å². The number of rotatable bonds is 8. The van der Waals surface area contributed by atoms with Crippen molar-refractivity contribution >= 4 is 17.1 Å². The van der Waals surface area contributed by atoms with Crippen LogP contribution in [0.15, 0.2) is 36.4 Å². The Labute approximate surface area is 122 Å². The Balaban J connectivity index is 2.01. The van der Waals surface area contributed by atoms with Crippen molar-refractivity contribution in [1.82, 2.24) is 0 Å². The van der Waals surface area contributed by atoms with Crippen LogP contribution in [-0.2, 0) is 6.42 Å². The van der Waals surface area contributed by atoms with Crippen LogP contribution in [0.25, 0.3) is 10.8 Å². The maximum absolute atomic E-state index is 11.4. The summed E-state index contributed by atoms with van der Waals surface area (Å²) < 4.78 is 0. The summed E-state index contributed by atoms with van der Waals surface area (Å²) in [4.78, 5) is 11.4. The van der Waals surface area contributed by atoms with Gasteiger partial charge in [0.2, 0.25) is 0 Å². The summed E-state index contributed by atoms with van der Waals surface area (Å²) in [5.74, 6) is 0. The largest absolute Gasteiger partial charge is 0.298 e. The summed E-state index contributed by atoms with van der Waals surface area (Å²) in [6.45, 7) is 2.24. The Kier molecular flexibility index (Phi) is 5.79. The van der Waals surface area contributed by atoms with E-state index < -0.39 is 0 Å². The zero-order valence-corrected chi connectivity index (χ0v) is 12.4. The van der Waals surface area contributed by atoms with Crippen LogP contribution in [0.5, 0.6) is 0 Å². The standard InChI is InChI=1S/C19H24O/c1-2-3-4-5-6-7-10-17-14-13-16-11-8-9-12-18(16)19(17)15-20/h8-9,11-15H,2-7,10H2,1H3. The van der Waals surface area contributed by atoms with Gasteiger partial charge in [-0.3, -0.25) is 4.79 Å². The number of benzene rings is 2. The molecule has 0 amide bonds. The summed E-state index contributed by atoms with van der Waals surface area (Å²) >= 11 is 0. The summed E-state index contributed by atoms with van der Waals surface area (Å²) in [5, 5.41) is 2.24. The van der Waals surface area contributed by atoms with E-state index in [1.165, 1.54) is 44.1 Å². The number of unbranched alkanes of at least 4 members (excludes halogenated alkanes) is 5. The quantitative estimate of drug-likeness (QED) is 0.453. The average Bonchev–Trinajstić information content (AvgIpc) is 2.50. The Morgan fingerprint density at radius 3 is 2.45 bits per heavy atom. The maximum Gasteiger partial charge on any atom is 0.150 e. The van der Waals surface area contributed by atoms with Crippen molar-refractivity contribution in [3.63, 3.8) is 0 Å². The lowest BCUT2D eigenvalue weighted by Gasteiger charge is -2.08. The molecule has 0 unspecified atom stereocenters. The number of aldehydes is 1. The number of carbonyl (C=O) groups is 1. The summed E-state index contributed by atoms with van der Waals surface area (Å²) in [6.07, 6.45) is 9.79. The van der Waals surface area contributed by atoms with Gasteiger partial charge in [-0.1, -0.05) is 75.4 Å². The minimum atomic E-state index is 0.886. The summed E-state index contributed by atoms with van der Waals surface area (Å²) in [7, 11) is 0. The second-order valence-electron chi connectivity index (χ2n) is 5.50. The van der Waals surface area contributed by atoms with Gasteiger partial charge in [0.1, 0.15) is 0 Å². The van der Waals surface area contributed by atoms with Crippen LogP contribution in [0.1, 0.15) is 61.4 Å². The maximum atomic E-state index is 11.4. The first-order valence-electron chi connectivity index (χ1n) is 7.82. The summed E-state index contributed by atoms with van der Waals surface area (Å²) in [6, 6.07) is 12.4. The average molecular weight is 268 g/mol. The Morgan fingerprint density at radius 2 is 1.65 bits per heavy atom. The molecule has 2 aromatic rings. The van der Waals surface area contributed by atoms with E-state index in [2.05, 4.69) is 25.1 Å². The molecular formula is C19H24O. The van der Waals surface area contributed by atoms with Crippen molar-refractivity contribution in [2.75, 3.05) is 0 Å². The second-order valence-corrected chi connectivity index (χ2v) is 5.50. The van der Waals surface area contributed by atoms with Crippen molar-refractivity contribution in [3.05, 3.63) is 47.5 Å². The van der Waals surface area contributed by atoms with E-state index in [1.807, 2.05) is 18.2 Å². The number of hydrogen-bond donors (Lipinski definition) is 0. The van der Waals surface area contributed by atoms with Crippen molar-refractivity contribution in [3.8, 4) is 0 Å². The molecule has 0 saturated heterocycles. The van der Waals surface area contributed by atoms with Crippen molar-refractivity contribution in [1.29, 1.82) is 0 Å². The molecule has 2 aromatic carbocycles. The molecule has 0 atom stereocenters. The van der Waals surface area contributed by atoms with E-state index in [1.54, 1.807) is 0 Å². The van der Waals surface area contributed by atoms with Gasteiger partial charge in [0.05, 0.1) is 0 Å². The fourth-order valence-corrected chi connectivity index (χ4v) is 2.79. The molecule has 0 fully saturated rings. The molecule has 0 aliphatic heterocycles. The van der Waals surface area contributed by atoms with E-state index in [-0.39, 0.29) is 0 Å². The van der Waals surface area contributed by atoms with Crippen LogP contribution in [0.3, 0.4) is 0 Å². The molecule has 0 aliphatic rings. The number of fused-ring (bicyclic) bond motifs is 1. The SMILES string of the molecule is CCCCCCCCc1ccc2ccccc2c1C=O. The molecule has 0 heterocycles. The minimum absolute atomic E-state index is 0.886. The predicted octanol–water partition coefficient (Wildman–Crippen LogP) is 5.56. The fourth-order valence-electron chi connectivity index (χ4n) is 2.79. The molecule has 0 aliphatic carbocycles. The highest BCUT2D eigenvalue weighted by Gasteiger charge is 2.06. The predicted molar refractivity (Wildman–Crippen MR) is 86.4 cm³/mol. The first-order chi connectivity index (χ1) is 9.86. The van der Waals surface area contributed by atoms with Crippen LogP contribution >= 0.6 is 0 Å². The van der Waals surface area contributed by atoms with E-state index >= 15 is 0 Å². The highest BCUT2D eigenvalue weighted by molar-refractivity contribution is 5.99. The highest BCUT2D eigenvalue weighted by Crippen LogP contribution is 2.22. The third kappa shape index (κ3) is 3.69. The van der Waals surface area contributed by atoms with Gasteiger partial charge in [-0.25, -0.2) is 0 Å². The molecule has 0 bridgehead atoms. The van der Waals surface area contributed by atoms with Gasteiger partial charge in [-0.2, -0.15) is 0 Å². The normalized spacial score (nSPS) is 10.8. The van der Waals surface area contributed by atoms with Crippen molar-refractivity contribution in [2.24, 2.45) is 0 Å². The van der Waals surface area contributed by atoms with Crippen LogP contribution in [-0.4, -0.2) is 6.29 Å². The van der Waals surface area contributed by atoms with Gasteiger partial charge in [0, 0.05) is 5.56 Å². The molecule has 1 heteroatoms. The smallest absolute Gasteiger partial charge is 0.150 e. The highest BCUT2D eigenvalue weighted by atomic mass is 16.1. The first-order valence-corrected chi connectivity index (χ1v) is 7.82. The van der Waals surface area contributed by atoms with Gasteiger partial charge in [0.15, 0.2) is 6.29 Å². The third-order valence-electron chi connectivity index (χ3n) is 3.98. The summed E-state index contributed by atoms with van der Waals surface area (Å²) in [5.41, 5.74) is 2.09. The van der Waals surface area contributed by atoms with E-state index in [0.29, 0.717) is 0 Å². The lowest BCUT2D eigenvalue weighted by atomic mass is 9.96. The number of aryl methyl sites for hydroxylation is 1. The molecule has 106 valence electrons. The molecule has 0 N–H and O–H groups in total. The Morgan fingerprint density at radius 1 is 0.900 bits per heavy atom. The molecular weight excluding hydrogens is 244 g/mol.